The van der Waals surface area contributed by atoms with Gasteiger partial charge in [0, 0.05) is 14.1 Å². The molecule has 0 radical (unpaired) electrons. The van der Waals surface area contributed by atoms with Crippen LogP contribution in [0.25, 0.3) is 0 Å². The van der Waals surface area contributed by atoms with Gasteiger partial charge in [0.15, 0.2) is 10.3 Å². The van der Waals surface area contributed by atoms with E-state index in [4.69, 9.17) is 17.0 Å². The van der Waals surface area contributed by atoms with Crippen LogP contribution in [0.15, 0.2) is 9.82 Å². The topological polar surface area (TPSA) is 53.2 Å². The van der Waals surface area contributed by atoms with Crippen LogP contribution in [-0.2, 0) is 18.8 Å². The molecule has 5 nitrogen and oxygen atoms in total. The maximum absolute atomic E-state index is 12.0. The Balaban J connectivity index is 3.64. The summed E-state index contributed by atoms with van der Waals surface area (Å²) in [6.07, 6.45) is 1.78. The molecule has 0 spiro atoms. The molecule has 0 unspecified atom stereocenters. The summed E-state index contributed by atoms with van der Waals surface area (Å²) in [5, 5.41) is 0.525. The van der Waals surface area contributed by atoms with Gasteiger partial charge in [0.25, 0.3) is 5.56 Å². The Morgan fingerprint density at radius 2 is 2.00 bits per heavy atom. The normalized spacial score (nSPS) is 10.4. The van der Waals surface area contributed by atoms with Crippen molar-refractivity contribution < 1.29 is 9.53 Å². The first-order valence-electron chi connectivity index (χ1n) is 4.96. The Bertz CT molecular complexity index is 560. The number of esters is 1. The zero-order valence-corrected chi connectivity index (χ0v) is 11.8. The van der Waals surface area contributed by atoms with E-state index in [0.29, 0.717) is 9.80 Å². The van der Waals surface area contributed by atoms with Gasteiger partial charge < -0.3 is 9.30 Å². The summed E-state index contributed by atoms with van der Waals surface area (Å²) in [7, 11) is 3.26. The number of nitrogens with zero attached hydrogens (tertiary/aromatic N) is 2. The third-order valence-corrected chi connectivity index (χ3v) is 3.70. The van der Waals surface area contributed by atoms with Crippen LogP contribution in [0.2, 0.25) is 0 Å². The zero-order chi connectivity index (χ0) is 13.2. The van der Waals surface area contributed by atoms with Gasteiger partial charge in [-0.2, -0.15) is 0 Å². The van der Waals surface area contributed by atoms with Crippen LogP contribution in [0.1, 0.15) is 17.3 Å². The van der Waals surface area contributed by atoms with Crippen molar-refractivity contribution in [2.75, 3.05) is 12.9 Å². The summed E-state index contributed by atoms with van der Waals surface area (Å²) >= 11 is 6.40. The minimum absolute atomic E-state index is 0.0398. The predicted molar refractivity (Wildman–Crippen MR) is 69.2 cm³/mol. The van der Waals surface area contributed by atoms with E-state index in [1.165, 1.54) is 23.4 Å². The summed E-state index contributed by atoms with van der Waals surface area (Å²) in [5.41, 5.74) is -0.381. The molecule has 0 atom stereocenters. The lowest BCUT2D eigenvalue weighted by atomic mass is 10.3. The van der Waals surface area contributed by atoms with Gasteiger partial charge in [-0.1, -0.05) is 0 Å². The van der Waals surface area contributed by atoms with Crippen molar-refractivity contribution in [1.82, 2.24) is 9.13 Å². The van der Waals surface area contributed by atoms with Gasteiger partial charge >= 0.3 is 5.97 Å². The number of carbonyl (C=O) groups excluding carboxylic acids is 1. The second-order valence-electron chi connectivity index (χ2n) is 3.31. The molecule has 0 aliphatic carbocycles. The highest BCUT2D eigenvalue weighted by molar-refractivity contribution is 7.98. The maximum atomic E-state index is 12.0. The van der Waals surface area contributed by atoms with Gasteiger partial charge in [0.1, 0.15) is 0 Å². The third kappa shape index (κ3) is 2.44. The fraction of sp³-hybridized carbons (Fsp3) is 0.500. The molecular formula is C10H14N2O3S2. The molecule has 0 bridgehead atoms. The first-order valence-corrected chi connectivity index (χ1v) is 6.60. The number of ether oxygens (including phenoxy) is 1. The second-order valence-corrected chi connectivity index (χ2v) is 4.47. The number of aromatic nitrogens is 2. The molecule has 0 amide bonds. The SMILES string of the molecule is CCOC(=O)c1c(SC)n(C)c(=S)n(C)c1=O. The summed E-state index contributed by atoms with van der Waals surface area (Å²) in [5.74, 6) is -0.608. The van der Waals surface area contributed by atoms with Crippen LogP contribution < -0.4 is 5.56 Å². The summed E-state index contributed by atoms with van der Waals surface area (Å²) < 4.78 is 8.15. The predicted octanol–water partition coefficient (Wildman–Crippen LogP) is 1.35. The average molecular weight is 274 g/mol. The zero-order valence-electron chi connectivity index (χ0n) is 10.1. The third-order valence-electron chi connectivity index (χ3n) is 2.28. The molecule has 7 heteroatoms. The van der Waals surface area contributed by atoms with Crippen molar-refractivity contribution in [1.29, 1.82) is 0 Å². The Kier molecular flexibility index (Phi) is 4.53. The van der Waals surface area contributed by atoms with Crippen LogP contribution in [0.3, 0.4) is 0 Å². The molecule has 0 saturated heterocycles. The van der Waals surface area contributed by atoms with Crippen molar-refractivity contribution in [3.8, 4) is 0 Å². The van der Waals surface area contributed by atoms with Crippen molar-refractivity contribution >= 4 is 29.9 Å². The summed E-state index contributed by atoms with van der Waals surface area (Å²) in [6, 6.07) is 0. The molecule has 0 N–H and O–H groups in total. The average Bonchev–Trinajstić information content (AvgIpc) is 2.31. The molecule has 0 aliphatic heterocycles. The molecule has 1 heterocycles. The minimum Gasteiger partial charge on any atom is -0.462 e. The van der Waals surface area contributed by atoms with E-state index in [-0.39, 0.29) is 12.2 Å². The van der Waals surface area contributed by atoms with E-state index in [0.717, 1.165) is 0 Å². The monoisotopic (exact) mass is 274 g/mol. The van der Waals surface area contributed by atoms with Gasteiger partial charge in [-0.15, -0.1) is 11.8 Å². The van der Waals surface area contributed by atoms with E-state index in [9.17, 15) is 9.59 Å². The van der Waals surface area contributed by atoms with Gasteiger partial charge in [0.2, 0.25) is 0 Å². The lowest BCUT2D eigenvalue weighted by Crippen LogP contribution is -2.30. The first-order chi connectivity index (χ1) is 7.95. The van der Waals surface area contributed by atoms with Crippen molar-refractivity contribution in [3.05, 3.63) is 20.7 Å². The Morgan fingerprint density at radius 3 is 2.47 bits per heavy atom. The molecule has 1 rings (SSSR count). The number of hydrogen-bond acceptors (Lipinski definition) is 5. The number of carbonyl (C=O) groups is 1. The van der Waals surface area contributed by atoms with E-state index in [1.54, 1.807) is 24.8 Å². The van der Waals surface area contributed by atoms with E-state index in [2.05, 4.69) is 0 Å². The fourth-order valence-electron chi connectivity index (χ4n) is 1.44. The highest BCUT2D eigenvalue weighted by Gasteiger charge is 2.21. The Morgan fingerprint density at radius 1 is 1.41 bits per heavy atom. The molecule has 1 aromatic heterocycles. The number of hydrogen-bond donors (Lipinski definition) is 0. The molecular weight excluding hydrogens is 260 g/mol. The lowest BCUT2D eigenvalue weighted by molar-refractivity contribution is 0.0517. The largest absolute Gasteiger partial charge is 0.462 e. The molecule has 0 aliphatic rings. The highest BCUT2D eigenvalue weighted by atomic mass is 32.2. The van der Waals surface area contributed by atoms with Crippen LogP contribution >= 0.6 is 24.0 Å². The molecule has 94 valence electrons. The summed E-state index contributed by atoms with van der Waals surface area (Å²) in [4.78, 5) is 23.8. The fourth-order valence-corrected chi connectivity index (χ4v) is 2.41. The maximum Gasteiger partial charge on any atom is 0.346 e. The lowest BCUT2D eigenvalue weighted by Gasteiger charge is -2.13. The quantitative estimate of drug-likeness (QED) is 0.360. The van der Waals surface area contributed by atoms with Gasteiger partial charge in [-0.25, -0.2) is 4.79 Å². The molecule has 0 aromatic carbocycles. The molecule has 0 saturated carbocycles. The van der Waals surface area contributed by atoms with Crippen molar-refractivity contribution in [3.63, 3.8) is 0 Å². The van der Waals surface area contributed by atoms with Crippen LogP contribution in [0.5, 0.6) is 0 Å². The van der Waals surface area contributed by atoms with Gasteiger partial charge in [-0.05, 0) is 25.4 Å². The van der Waals surface area contributed by atoms with Crippen LogP contribution in [0, 0.1) is 4.77 Å². The van der Waals surface area contributed by atoms with E-state index >= 15 is 0 Å². The number of thioether (sulfide) groups is 1. The standard InChI is InChI=1S/C10H14N2O3S2/c1-5-15-9(14)6-7(13)11(2)10(16)12(3)8(6)17-4/h5H2,1-4H3. The van der Waals surface area contributed by atoms with Crippen molar-refractivity contribution in [2.45, 2.75) is 11.9 Å². The minimum atomic E-state index is -0.608. The number of rotatable bonds is 3. The molecule has 0 fully saturated rings. The van der Waals surface area contributed by atoms with Gasteiger partial charge in [-0.3, -0.25) is 9.36 Å². The molecule has 17 heavy (non-hydrogen) atoms. The first kappa shape index (κ1) is 14.0. The van der Waals surface area contributed by atoms with E-state index in [1.807, 2.05) is 0 Å². The Hall–Kier alpha value is -1.08. The van der Waals surface area contributed by atoms with Gasteiger partial charge in [0.05, 0.1) is 11.6 Å². The van der Waals surface area contributed by atoms with Crippen LogP contribution in [-0.4, -0.2) is 28.0 Å². The summed E-state index contributed by atoms with van der Waals surface area (Å²) in [6.45, 7) is 1.93. The smallest absolute Gasteiger partial charge is 0.346 e. The second kappa shape index (κ2) is 5.50. The van der Waals surface area contributed by atoms with E-state index < -0.39 is 11.5 Å². The highest BCUT2D eigenvalue weighted by Crippen LogP contribution is 2.17. The molecule has 1 aromatic rings. The van der Waals surface area contributed by atoms with Crippen LogP contribution in [0.4, 0.5) is 0 Å². The van der Waals surface area contributed by atoms with Crippen molar-refractivity contribution in [2.24, 2.45) is 14.1 Å². The Labute approximate surface area is 108 Å².